The third-order valence-corrected chi connectivity index (χ3v) is 3.27. The van der Waals surface area contributed by atoms with Crippen molar-refractivity contribution in [3.05, 3.63) is 66.0 Å². The van der Waals surface area contributed by atoms with E-state index < -0.39 is 0 Å². The lowest BCUT2D eigenvalue weighted by molar-refractivity contribution is 0.397. The average molecular weight is 240 g/mol. The van der Waals surface area contributed by atoms with Crippen LogP contribution in [0.2, 0.25) is 0 Å². The van der Waals surface area contributed by atoms with Crippen molar-refractivity contribution in [3.8, 4) is 0 Å². The van der Waals surface area contributed by atoms with Crippen molar-refractivity contribution in [1.82, 2.24) is 4.98 Å². The van der Waals surface area contributed by atoms with Crippen LogP contribution in [0.4, 0.5) is 0 Å². The molecule has 0 fully saturated rings. The van der Waals surface area contributed by atoms with Crippen molar-refractivity contribution < 1.29 is 0 Å². The van der Waals surface area contributed by atoms with Crippen molar-refractivity contribution in [2.24, 2.45) is 5.73 Å². The molecule has 1 heterocycles. The summed E-state index contributed by atoms with van der Waals surface area (Å²) in [6.45, 7) is 2.17. The predicted molar refractivity (Wildman–Crippen MR) is 75.2 cm³/mol. The van der Waals surface area contributed by atoms with Crippen molar-refractivity contribution in [3.63, 3.8) is 0 Å². The Morgan fingerprint density at radius 3 is 2.39 bits per heavy atom. The molecule has 18 heavy (non-hydrogen) atoms. The SMILES string of the molecule is CCCC(N)(Cc1ccccn1)c1ccccc1. The van der Waals surface area contributed by atoms with E-state index in [9.17, 15) is 0 Å². The summed E-state index contributed by atoms with van der Waals surface area (Å²) >= 11 is 0. The molecule has 2 aromatic rings. The smallest absolute Gasteiger partial charge is 0.0465 e. The maximum atomic E-state index is 6.62. The van der Waals surface area contributed by atoms with E-state index in [0.717, 1.165) is 25.0 Å². The van der Waals surface area contributed by atoms with Gasteiger partial charge in [-0.05, 0) is 24.1 Å². The molecule has 0 bridgehead atoms. The highest BCUT2D eigenvalue weighted by atomic mass is 14.8. The standard InChI is InChI=1S/C16H20N2/c1-2-11-16(17,14-8-4-3-5-9-14)13-15-10-6-7-12-18-15/h3-10,12H,2,11,13,17H2,1H3. The van der Waals surface area contributed by atoms with Crippen LogP contribution in [0.3, 0.4) is 0 Å². The van der Waals surface area contributed by atoms with Gasteiger partial charge >= 0.3 is 0 Å². The molecule has 0 aliphatic heterocycles. The van der Waals surface area contributed by atoms with Gasteiger partial charge in [-0.1, -0.05) is 49.7 Å². The molecule has 2 nitrogen and oxygen atoms in total. The fourth-order valence-corrected chi connectivity index (χ4v) is 2.38. The number of hydrogen-bond donors (Lipinski definition) is 1. The minimum absolute atomic E-state index is 0.315. The van der Waals surface area contributed by atoms with Gasteiger partial charge in [0.05, 0.1) is 0 Å². The lowest BCUT2D eigenvalue weighted by Gasteiger charge is -2.29. The number of nitrogens with two attached hydrogens (primary N) is 1. The first-order valence-electron chi connectivity index (χ1n) is 6.49. The van der Waals surface area contributed by atoms with E-state index in [0.29, 0.717) is 0 Å². The molecule has 1 atom stereocenters. The molecule has 0 radical (unpaired) electrons. The summed E-state index contributed by atoms with van der Waals surface area (Å²) < 4.78 is 0. The highest BCUT2D eigenvalue weighted by molar-refractivity contribution is 5.26. The predicted octanol–water partition coefficient (Wildman–Crippen LogP) is 3.28. The van der Waals surface area contributed by atoms with Crippen LogP contribution in [0.25, 0.3) is 0 Å². The van der Waals surface area contributed by atoms with Crippen LogP contribution < -0.4 is 5.73 Å². The van der Waals surface area contributed by atoms with Crippen molar-refractivity contribution in [2.45, 2.75) is 31.7 Å². The van der Waals surface area contributed by atoms with Crippen LogP contribution >= 0.6 is 0 Å². The van der Waals surface area contributed by atoms with E-state index in [2.05, 4.69) is 24.0 Å². The second-order valence-corrected chi connectivity index (χ2v) is 4.77. The van der Waals surface area contributed by atoms with Gasteiger partial charge in [0.2, 0.25) is 0 Å². The van der Waals surface area contributed by atoms with E-state index in [1.54, 1.807) is 0 Å². The van der Waals surface area contributed by atoms with Crippen LogP contribution in [0.15, 0.2) is 54.7 Å². The van der Waals surface area contributed by atoms with E-state index in [1.165, 1.54) is 5.56 Å². The van der Waals surface area contributed by atoms with E-state index >= 15 is 0 Å². The second-order valence-electron chi connectivity index (χ2n) is 4.77. The number of nitrogens with zero attached hydrogens (tertiary/aromatic N) is 1. The number of hydrogen-bond acceptors (Lipinski definition) is 2. The van der Waals surface area contributed by atoms with Gasteiger partial charge < -0.3 is 5.73 Å². The van der Waals surface area contributed by atoms with Crippen LogP contribution in [0, 0.1) is 0 Å². The van der Waals surface area contributed by atoms with E-state index in [1.807, 2.05) is 42.6 Å². The maximum absolute atomic E-state index is 6.62. The molecular formula is C16H20N2. The topological polar surface area (TPSA) is 38.9 Å². The molecule has 94 valence electrons. The highest BCUT2D eigenvalue weighted by Crippen LogP contribution is 2.27. The van der Waals surface area contributed by atoms with E-state index in [4.69, 9.17) is 5.73 Å². The Balaban J connectivity index is 2.27. The molecule has 0 saturated carbocycles. The van der Waals surface area contributed by atoms with Crippen molar-refractivity contribution in [2.75, 3.05) is 0 Å². The Morgan fingerprint density at radius 1 is 1.06 bits per heavy atom. The number of benzene rings is 1. The Bertz CT molecular complexity index is 467. The van der Waals surface area contributed by atoms with Crippen LogP contribution in [-0.2, 0) is 12.0 Å². The Morgan fingerprint density at radius 2 is 1.78 bits per heavy atom. The summed E-state index contributed by atoms with van der Waals surface area (Å²) in [6, 6.07) is 16.3. The molecule has 1 aromatic heterocycles. The molecule has 0 spiro atoms. The molecule has 1 aromatic carbocycles. The molecule has 0 saturated heterocycles. The Hall–Kier alpha value is -1.67. The highest BCUT2D eigenvalue weighted by Gasteiger charge is 2.26. The molecule has 1 unspecified atom stereocenters. The van der Waals surface area contributed by atoms with Crippen LogP contribution in [0.1, 0.15) is 31.0 Å². The van der Waals surface area contributed by atoms with Crippen LogP contribution in [0.5, 0.6) is 0 Å². The zero-order chi connectivity index (χ0) is 12.8. The fraction of sp³-hybridized carbons (Fsp3) is 0.312. The van der Waals surface area contributed by atoms with Crippen molar-refractivity contribution >= 4 is 0 Å². The maximum Gasteiger partial charge on any atom is 0.0465 e. The Kier molecular flexibility index (Phi) is 4.11. The van der Waals surface area contributed by atoms with Gasteiger partial charge in [-0.15, -0.1) is 0 Å². The normalized spacial score (nSPS) is 14.1. The zero-order valence-electron chi connectivity index (χ0n) is 10.8. The Labute approximate surface area is 109 Å². The van der Waals surface area contributed by atoms with Gasteiger partial charge in [-0.2, -0.15) is 0 Å². The summed E-state index contributed by atoms with van der Waals surface area (Å²) in [4.78, 5) is 4.39. The van der Waals surface area contributed by atoms with Gasteiger partial charge in [0.1, 0.15) is 0 Å². The summed E-state index contributed by atoms with van der Waals surface area (Å²) in [5, 5.41) is 0. The molecule has 2 heteroatoms. The molecule has 0 aliphatic rings. The number of pyridine rings is 1. The quantitative estimate of drug-likeness (QED) is 0.871. The summed E-state index contributed by atoms with van der Waals surface area (Å²) in [6.07, 6.45) is 4.64. The van der Waals surface area contributed by atoms with Gasteiger partial charge in [-0.25, -0.2) is 0 Å². The van der Waals surface area contributed by atoms with Gasteiger partial charge in [-0.3, -0.25) is 4.98 Å². The number of rotatable bonds is 5. The molecule has 2 rings (SSSR count). The first kappa shape index (κ1) is 12.8. The van der Waals surface area contributed by atoms with Crippen LogP contribution in [-0.4, -0.2) is 4.98 Å². The monoisotopic (exact) mass is 240 g/mol. The summed E-state index contributed by atoms with van der Waals surface area (Å²) in [5.41, 5.74) is 8.55. The van der Waals surface area contributed by atoms with Gasteiger partial charge in [0, 0.05) is 23.9 Å². The first-order chi connectivity index (χ1) is 8.74. The minimum Gasteiger partial charge on any atom is -0.321 e. The molecule has 0 aliphatic carbocycles. The second kappa shape index (κ2) is 5.78. The molecule has 2 N–H and O–H groups in total. The minimum atomic E-state index is -0.315. The van der Waals surface area contributed by atoms with Gasteiger partial charge in [0.15, 0.2) is 0 Å². The molecule has 0 amide bonds. The molecular weight excluding hydrogens is 220 g/mol. The van der Waals surface area contributed by atoms with E-state index in [-0.39, 0.29) is 5.54 Å². The third kappa shape index (κ3) is 2.96. The zero-order valence-corrected chi connectivity index (χ0v) is 10.8. The fourth-order valence-electron chi connectivity index (χ4n) is 2.38. The third-order valence-electron chi connectivity index (χ3n) is 3.27. The van der Waals surface area contributed by atoms with Gasteiger partial charge in [0.25, 0.3) is 0 Å². The number of aromatic nitrogens is 1. The van der Waals surface area contributed by atoms with Crippen molar-refractivity contribution in [1.29, 1.82) is 0 Å². The summed E-state index contributed by atoms with van der Waals surface area (Å²) in [7, 11) is 0. The first-order valence-corrected chi connectivity index (χ1v) is 6.49. The lowest BCUT2D eigenvalue weighted by Crippen LogP contribution is -2.39. The summed E-state index contributed by atoms with van der Waals surface area (Å²) in [5.74, 6) is 0. The largest absolute Gasteiger partial charge is 0.321 e. The average Bonchev–Trinajstić information content (AvgIpc) is 2.41. The lowest BCUT2D eigenvalue weighted by atomic mass is 9.82.